The van der Waals surface area contributed by atoms with Gasteiger partial charge in [0.15, 0.2) is 0 Å². The number of nitrogens with one attached hydrogen (secondary N) is 1. The highest BCUT2D eigenvalue weighted by Gasteiger charge is 2.38. The van der Waals surface area contributed by atoms with E-state index in [0.717, 1.165) is 31.2 Å². The van der Waals surface area contributed by atoms with Gasteiger partial charge in [0.1, 0.15) is 29.6 Å². The Bertz CT molecular complexity index is 2160. The summed E-state index contributed by atoms with van der Waals surface area (Å²) in [7, 11) is 0. The number of carbonyl (C=O) groups is 2. The smallest absolute Gasteiger partial charge is 0.416 e. The van der Waals surface area contributed by atoms with Gasteiger partial charge in [-0.3, -0.25) is 28.5 Å². The van der Waals surface area contributed by atoms with Crippen LogP contribution in [0.2, 0.25) is 0 Å². The molecule has 4 bridgehead atoms. The number of nitrogens with zero attached hydrogens (tertiary/aromatic N) is 4. The van der Waals surface area contributed by atoms with E-state index in [9.17, 15) is 31.9 Å². The molecule has 54 heavy (non-hydrogen) atoms. The number of hydrogen-bond donors (Lipinski definition) is 1. The molecular formula is C38H37F6N5O5. The van der Waals surface area contributed by atoms with Crippen LogP contribution in [-0.2, 0) is 33.5 Å². The van der Waals surface area contributed by atoms with E-state index in [1.807, 2.05) is 0 Å². The van der Waals surface area contributed by atoms with Gasteiger partial charge in [0, 0.05) is 55.8 Å². The minimum absolute atomic E-state index is 0.0118. The summed E-state index contributed by atoms with van der Waals surface area (Å²) in [4.78, 5) is 42.7. The predicted octanol–water partition coefficient (Wildman–Crippen LogP) is 6.43. The van der Waals surface area contributed by atoms with Crippen LogP contribution in [0.15, 0.2) is 53.6 Å². The van der Waals surface area contributed by atoms with Crippen molar-refractivity contribution in [2.75, 3.05) is 26.2 Å². The average molecular weight is 758 g/mol. The zero-order chi connectivity index (χ0) is 38.5. The monoisotopic (exact) mass is 757 g/mol. The number of halogens is 6. The number of likely N-dealkylation sites (tertiary alicyclic amines) is 1. The first-order valence-corrected chi connectivity index (χ1v) is 17.7. The molecule has 4 heterocycles. The molecule has 3 aliphatic rings. The number of esters is 1. The zero-order valence-electron chi connectivity index (χ0n) is 29.4. The number of pyridine rings is 1. The van der Waals surface area contributed by atoms with Crippen LogP contribution in [-0.4, -0.2) is 63.5 Å². The Labute approximate surface area is 305 Å². The lowest BCUT2D eigenvalue weighted by atomic mass is 9.94. The number of hydrogen-bond acceptors (Lipinski definition) is 7. The Balaban J connectivity index is 1.41. The van der Waals surface area contributed by atoms with Gasteiger partial charge in [0.2, 0.25) is 11.8 Å². The first-order valence-electron chi connectivity index (χ1n) is 17.7. The molecule has 2 aromatic carbocycles. The maximum absolute atomic E-state index is 16.1. The molecule has 1 saturated carbocycles. The van der Waals surface area contributed by atoms with E-state index in [1.54, 1.807) is 28.8 Å². The number of carbonyl (C=O) groups excluding carboxylic acids is 2. The quantitative estimate of drug-likeness (QED) is 0.155. The summed E-state index contributed by atoms with van der Waals surface area (Å²) in [5, 5.41) is 7.21. The summed E-state index contributed by atoms with van der Waals surface area (Å²) < 4.78 is 102. The largest absolute Gasteiger partial charge is 0.466 e. The molecule has 1 aliphatic carbocycles. The van der Waals surface area contributed by atoms with E-state index >= 15 is 8.78 Å². The van der Waals surface area contributed by atoms with E-state index < -0.39 is 76.6 Å². The van der Waals surface area contributed by atoms with Crippen LogP contribution < -0.4 is 15.6 Å². The molecule has 0 spiro atoms. The van der Waals surface area contributed by atoms with Gasteiger partial charge in [0.25, 0.3) is 5.56 Å². The molecule has 4 aromatic rings. The highest BCUT2D eigenvalue weighted by Crippen LogP contribution is 2.40. The van der Waals surface area contributed by atoms with Crippen molar-refractivity contribution in [2.24, 2.45) is 5.92 Å². The third-order valence-corrected chi connectivity index (χ3v) is 9.91. The average Bonchev–Trinajstić information content (AvgIpc) is 3.82. The number of alkyl halides is 4. The first-order chi connectivity index (χ1) is 25.7. The fraction of sp³-hybridized carbons (Fsp3) is 0.421. The highest BCUT2D eigenvalue weighted by atomic mass is 19.4. The standard InChI is InChI=1S/C38H37F6N5O5/c1-3-53-33(51)14-31-27-11-23(10-20(2)34(27)41)28-19-48(15-21-4-5-21)46-37(28)54-25-6-7-30(40)26(12-25)35(36(52)45-31)49-16-22(8-9-47-17-24(39)18-47)29(13-32(49)50)38(42,43)44/h6-7,10-13,16,19,21,24,31,35H,3-5,8-9,14-15,17-18H2,1-2H3,(H,45,52)/t31-,35?/m0/s1. The lowest BCUT2D eigenvalue weighted by Gasteiger charge is -2.34. The Morgan fingerprint density at radius 3 is 2.50 bits per heavy atom. The summed E-state index contributed by atoms with van der Waals surface area (Å²) in [6.45, 7) is 3.68. The minimum atomic E-state index is -4.97. The maximum atomic E-state index is 16.1. The summed E-state index contributed by atoms with van der Waals surface area (Å²) in [5.74, 6) is -3.26. The highest BCUT2D eigenvalue weighted by molar-refractivity contribution is 5.85. The lowest BCUT2D eigenvalue weighted by Crippen LogP contribution is -2.49. The van der Waals surface area contributed by atoms with Gasteiger partial charge >= 0.3 is 12.1 Å². The van der Waals surface area contributed by atoms with Crippen molar-refractivity contribution in [3.63, 3.8) is 0 Å². The normalized spacial score (nSPS) is 19.1. The van der Waals surface area contributed by atoms with Crippen LogP contribution >= 0.6 is 0 Å². The molecule has 286 valence electrons. The second-order valence-corrected chi connectivity index (χ2v) is 14.0. The molecule has 2 aromatic heterocycles. The van der Waals surface area contributed by atoms with Crippen LogP contribution in [0.25, 0.3) is 11.1 Å². The fourth-order valence-electron chi connectivity index (χ4n) is 6.97. The van der Waals surface area contributed by atoms with E-state index in [4.69, 9.17) is 9.47 Å². The molecule has 2 aliphatic heterocycles. The number of ether oxygens (including phenoxy) is 2. The van der Waals surface area contributed by atoms with Crippen molar-refractivity contribution in [2.45, 2.75) is 70.5 Å². The molecule has 1 amide bonds. The third-order valence-electron chi connectivity index (χ3n) is 9.91. The third kappa shape index (κ3) is 7.74. The number of aromatic nitrogens is 3. The molecule has 1 saturated heterocycles. The maximum Gasteiger partial charge on any atom is 0.416 e. The molecule has 16 heteroatoms. The molecule has 0 radical (unpaired) electrons. The fourth-order valence-corrected chi connectivity index (χ4v) is 6.97. The van der Waals surface area contributed by atoms with Gasteiger partial charge in [-0.2, -0.15) is 13.2 Å². The molecule has 2 atom stereocenters. The van der Waals surface area contributed by atoms with Crippen LogP contribution in [0.5, 0.6) is 11.6 Å². The van der Waals surface area contributed by atoms with Crippen molar-refractivity contribution in [1.29, 1.82) is 0 Å². The number of benzene rings is 2. The SMILES string of the molecule is CCOC(=O)C[C@@H]1NC(=O)C(n2cc(CCN3CC(F)C3)c(C(F)(F)F)cc2=O)c2cc(ccc2F)Oc2nn(CC3CC3)cc2-c2cc(C)c(F)c1c2. The van der Waals surface area contributed by atoms with Crippen molar-refractivity contribution < 1.29 is 45.4 Å². The summed E-state index contributed by atoms with van der Waals surface area (Å²) in [6, 6.07) is 3.30. The first kappa shape index (κ1) is 37.2. The lowest BCUT2D eigenvalue weighted by molar-refractivity contribution is -0.144. The van der Waals surface area contributed by atoms with E-state index in [1.165, 1.54) is 19.1 Å². The molecular weight excluding hydrogens is 720 g/mol. The van der Waals surface area contributed by atoms with Gasteiger partial charge in [-0.1, -0.05) is 0 Å². The Hall–Kier alpha value is -5.12. The van der Waals surface area contributed by atoms with E-state index in [0.29, 0.717) is 34.2 Å². The minimum Gasteiger partial charge on any atom is -0.466 e. The molecule has 1 N–H and O–H groups in total. The zero-order valence-corrected chi connectivity index (χ0v) is 29.4. The van der Waals surface area contributed by atoms with Crippen LogP contribution in [0.4, 0.5) is 26.3 Å². The Kier molecular flexibility index (Phi) is 10.1. The van der Waals surface area contributed by atoms with E-state index in [2.05, 4.69) is 10.4 Å². The topological polar surface area (TPSA) is 108 Å². The molecule has 7 rings (SSSR count). The number of aryl methyl sites for hydroxylation is 1. The Morgan fingerprint density at radius 2 is 1.81 bits per heavy atom. The van der Waals surface area contributed by atoms with Crippen molar-refractivity contribution >= 4 is 11.9 Å². The Morgan fingerprint density at radius 1 is 1.06 bits per heavy atom. The van der Waals surface area contributed by atoms with Crippen molar-refractivity contribution in [3.8, 4) is 22.8 Å². The van der Waals surface area contributed by atoms with E-state index in [-0.39, 0.29) is 55.4 Å². The predicted molar refractivity (Wildman–Crippen MR) is 183 cm³/mol. The van der Waals surface area contributed by atoms with Crippen molar-refractivity contribution in [1.82, 2.24) is 24.6 Å². The van der Waals surface area contributed by atoms with Gasteiger partial charge < -0.3 is 14.8 Å². The summed E-state index contributed by atoms with van der Waals surface area (Å²) in [5.41, 5.74) is -2.52. The molecule has 2 fully saturated rings. The van der Waals surface area contributed by atoms with Crippen LogP contribution in [0, 0.1) is 24.5 Å². The second-order valence-electron chi connectivity index (χ2n) is 14.0. The molecule has 10 nitrogen and oxygen atoms in total. The number of amides is 1. The number of fused-ring (bicyclic) bond motifs is 6. The van der Waals surface area contributed by atoms with Crippen molar-refractivity contribution in [3.05, 3.63) is 98.6 Å². The van der Waals surface area contributed by atoms with Crippen LogP contribution in [0.3, 0.4) is 0 Å². The second kappa shape index (κ2) is 14.6. The van der Waals surface area contributed by atoms with Gasteiger partial charge in [-0.05, 0) is 86.1 Å². The number of rotatable bonds is 9. The molecule has 1 unspecified atom stereocenters. The summed E-state index contributed by atoms with van der Waals surface area (Å²) >= 11 is 0. The van der Waals surface area contributed by atoms with Crippen LogP contribution in [0.1, 0.15) is 66.1 Å². The summed E-state index contributed by atoms with van der Waals surface area (Å²) in [6.07, 6.45) is -2.33. The van der Waals surface area contributed by atoms with Gasteiger partial charge in [-0.15, -0.1) is 5.10 Å². The van der Waals surface area contributed by atoms with Gasteiger partial charge in [-0.25, -0.2) is 13.2 Å². The van der Waals surface area contributed by atoms with Gasteiger partial charge in [0.05, 0.1) is 30.2 Å².